The molecule has 6 atom stereocenters. The van der Waals surface area contributed by atoms with Gasteiger partial charge >= 0.3 is 5.97 Å². The molecule has 1 aromatic carbocycles. The van der Waals surface area contributed by atoms with Gasteiger partial charge in [0.15, 0.2) is 11.1 Å². The lowest BCUT2D eigenvalue weighted by Crippen LogP contribution is -2.55. The number of cyclic esters (lactones) is 1. The number of aromatic nitrogens is 1. The number of ether oxygens (including phenoxy) is 1. The number of fused-ring (bicyclic) bond motifs is 2. The lowest BCUT2D eigenvalue weighted by Gasteiger charge is -2.32. The molecule has 2 aromatic rings. The second kappa shape index (κ2) is 9.14. The predicted molar refractivity (Wildman–Crippen MR) is 137 cm³/mol. The maximum atomic E-state index is 13.9. The van der Waals surface area contributed by atoms with Gasteiger partial charge in [-0.1, -0.05) is 26.0 Å². The number of para-hydroxylation sites is 1. The van der Waals surface area contributed by atoms with Crippen molar-refractivity contribution in [2.45, 2.75) is 57.7 Å². The molecule has 3 aliphatic heterocycles. The molecule has 3 saturated heterocycles. The smallest absolute Gasteiger partial charge is 0.306 e. The molecule has 0 bridgehead atoms. The number of hydrogen-bond donors (Lipinski definition) is 2. The van der Waals surface area contributed by atoms with Gasteiger partial charge in [0.05, 0.1) is 16.3 Å². The van der Waals surface area contributed by atoms with E-state index in [0.717, 1.165) is 4.70 Å². The Hall–Kier alpha value is -3.34. The zero-order valence-electron chi connectivity index (χ0n) is 21.3. The molecule has 4 fully saturated rings. The van der Waals surface area contributed by atoms with E-state index in [1.54, 1.807) is 0 Å². The minimum atomic E-state index is -0.959. The number of hydrogen-bond acceptors (Lipinski definition) is 8. The quantitative estimate of drug-likeness (QED) is 0.405. The van der Waals surface area contributed by atoms with E-state index < -0.39 is 36.0 Å². The van der Waals surface area contributed by atoms with Crippen LogP contribution in [0.1, 0.15) is 49.3 Å². The molecule has 4 heterocycles. The van der Waals surface area contributed by atoms with E-state index in [1.807, 2.05) is 24.3 Å². The summed E-state index contributed by atoms with van der Waals surface area (Å²) in [4.78, 5) is 70.9. The SMILES string of the molecule is CC1(C)C2CN(C(=O)[C@H]3CCC(=O)O3)C(C(=O)N[C@@H](C[C@@H]3CCNC3=O)C(=O)c3nc4ccccc4s3)C21. The Labute approximate surface area is 223 Å². The van der Waals surface area contributed by atoms with Gasteiger partial charge in [0.1, 0.15) is 6.04 Å². The van der Waals surface area contributed by atoms with Gasteiger partial charge in [0.2, 0.25) is 17.6 Å². The molecule has 11 heteroatoms. The van der Waals surface area contributed by atoms with Crippen LogP contribution >= 0.6 is 11.3 Å². The first-order valence-electron chi connectivity index (χ1n) is 13.1. The van der Waals surface area contributed by atoms with Crippen molar-refractivity contribution in [2.75, 3.05) is 13.1 Å². The van der Waals surface area contributed by atoms with Crippen LogP contribution in [0.4, 0.5) is 0 Å². The molecule has 2 N–H and O–H groups in total. The molecular formula is C27H30N4O6S. The maximum absolute atomic E-state index is 13.9. The summed E-state index contributed by atoms with van der Waals surface area (Å²) >= 11 is 1.26. The van der Waals surface area contributed by atoms with Crippen LogP contribution in [0.25, 0.3) is 10.2 Å². The summed E-state index contributed by atoms with van der Waals surface area (Å²) in [5.74, 6) is -1.97. The fraction of sp³-hybridized carbons (Fsp3) is 0.556. The number of carbonyl (C=O) groups excluding carboxylic acids is 5. The van der Waals surface area contributed by atoms with Crippen molar-refractivity contribution in [2.24, 2.45) is 23.2 Å². The number of carbonyl (C=O) groups is 5. The average molecular weight is 539 g/mol. The molecule has 1 aliphatic carbocycles. The number of ketones is 1. The minimum absolute atomic E-state index is 0.0588. The predicted octanol–water partition coefficient (Wildman–Crippen LogP) is 1.68. The second-order valence-corrected chi connectivity index (χ2v) is 12.4. The van der Waals surface area contributed by atoms with Crippen molar-refractivity contribution in [1.82, 2.24) is 20.5 Å². The summed E-state index contributed by atoms with van der Waals surface area (Å²) in [7, 11) is 0. The molecule has 3 unspecified atom stereocenters. The number of Topliss-reactive ketones (excluding diaryl/α,β-unsaturated/α-hetero) is 1. The Morgan fingerprint density at radius 2 is 2.03 bits per heavy atom. The highest BCUT2D eigenvalue weighted by atomic mass is 32.1. The molecule has 10 nitrogen and oxygen atoms in total. The highest BCUT2D eigenvalue weighted by Crippen LogP contribution is 2.65. The Morgan fingerprint density at radius 1 is 1.24 bits per heavy atom. The van der Waals surface area contributed by atoms with Crippen molar-refractivity contribution in [3.8, 4) is 0 Å². The summed E-state index contributed by atoms with van der Waals surface area (Å²) in [6.07, 6.45) is 0.348. The van der Waals surface area contributed by atoms with Crippen LogP contribution in [-0.4, -0.2) is 70.6 Å². The van der Waals surface area contributed by atoms with Crippen LogP contribution in [-0.2, 0) is 23.9 Å². The summed E-state index contributed by atoms with van der Waals surface area (Å²) in [6.45, 7) is 5.09. The summed E-state index contributed by atoms with van der Waals surface area (Å²) in [5.41, 5.74) is 0.578. The molecular weight excluding hydrogens is 508 g/mol. The number of benzene rings is 1. The van der Waals surface area contributed by atoms with E-state index in [4.69, 9.17) is 4.74 Å². The number of rotatable bonds is 7. The van der Waals surface area contributed by atoms with Gasteiger partial charge in [-0.2, -0.15) is 0 Å². The Morgan fingerprint density at radius 3 is 2.71 bits per heavy atom. The van der Waals surface area contributed by atoms with Gasteiger partial charge in [-0.15, -0.1) is 11.3 Å². The van der Waals surface area contributed by atoms with Crippen LogP contribution in [0.15, 0.2) is 24.3 Å². The molecule has 6 rings (SSSR count). The lowest BCUT2D eigenvalue weighted by atomic mass is 9.94. The highest BCUT2D eigenvalue weighted by Gasteiger charge is 2.69. The van der Waals surface area contributed by atoms with Gasteiger partial charge in [-0.25, -0.2) is 4.98 Å². The van der Waals surface area contributed by atoms with Crippen LogP contribution in [0, 0.1) is 23.2 Å². The van der Waals surface area contributed by atoms with E-state index >= 15 is 0 Å². The minimum Gasteiger partial charge on any atom is -0.452 e. The van der Waals surface area contributed by atoms with Crippen molar-refractivity contribution < 1.29 is 28.7 Å². The van der Waals surface area contributed by atoms with Crippen LogP contribution in [0.5, 0.6) is 0 Å². The largest absolute Gasteiger partial charge is 0.452 e. The third-order valence-corrected chi connectivity index (χ3v) is 9.79. The van der Waals surface area contributed by atoms with Crippen molar-refractivity contribution in [3.05, 3.63) is 29.3 Å². The Balaban J connectivity index is 1.26. The number of nitrogens with one attached hydrogen (secondary N) is 2. The first-order chi connectivity index (χ1) is 18.1. The standard InChI is InChI=1S/C27H30N4O6S/c1-27(2)14-12-31(26(36)17-7-8-19(32)37-17)21(20(14)27)24(35)29-16(11-13-9-10-28-23(13)34)22(33)25-30-15-5-3-4-6-18(15)38-25/h3-6,13-14,16-17,20-21H,7-12H2,1-2H3,(H,28,34)(H,29,35)/t13-,14?,16-,17+,20?,21?/m0/s1. The molecule has 1 aromatic heterocycles. The van der Waals surface area contributed by atoms with Crippen LogP contribution in [0.2, 0.25) is 0 Å². The number of piperidine rings is 1. The fourth-order valence-corrected chi connectivity index (χ4v) is 7.43. The van der Waals surface area contributed by atoms with Crippen molar-refractivity contribution in [1.29, 1.82) is 0 Å². The van der Waals surface area contributed by atoms with Crippen LogP contribution < -0.4 is 10.6 Å². The average Bonchev–Trinajstić information content (AvgIpc) is 3.53. The molecule has 3 amide bonds. The molecule has 1 saturated carbocycles. The first kappa shape index (κ1) is 25.0. The van der Waals surface area contributed by atoms with E-state index in [-0.39, 0.29) is 52.7 Å². The van der Waals surface area contributed by atoms with E-state index in [1.165, 1.54) is 16.2 Å². The van der Waals surface area contributed by atoms with Gasteiger partial charge in [0.25, 0.3) is 5.91 Å². The van der Waals surface area contributed by atoms with Crippen molar-refractivity contribution >= 4 is 51.0 Å². The maximum Gasteiger partial charge on any atom is 0.306 e. The molecule has 200 valence electrons. The van der Waals surface area contributed by atoms with Gasteiger partial charge in [-0.05, 0) is 42.2 Å². The number of likely N-dealkylation sites (tertiary alicyclic amines) is 1. The topological polar surface area (TPSA) is 135 Å². The monoisotopic (exact) mass is 538 g/mol. The molecule has 0 radical (unpaired) electrons. The summed E-state index contributed by atoms with van der Waals surface area (Å²) in [5, 5.41) is 5.99. The zero-order chi connectivity index (χ0) is 26.8. The van der Waals surface area contributed by atoms with Crippen molar-refractivity contribution in [3.63, 3.8) is 0 Å². The fourth-order valence-electron chi connectivity index (χ4n) is 6.47. The normalized spacial score (nSPS) is 30.1. The summed E-state index contributed by atoms with van der Waals surface area (Å²) in [6, 6.07) is 5.70. The third-order valence-electron chi connectivity index (χ3n) is 8.74. The van der Waals surface area contributed by atoms with Gasteiger partial charge in [0, 0.05) is 31.8 Å². The van der Waals surface area contributed by atoms with Gasteiger partial charge in [-0.3, -0.25) is 24.0 Å². The van der Waals surface area contributed by atoms with Crippen LogP contribution in [0.3, 0.4) is 0 Å². The lowest BCUT2D eigenvalue weighted by molar-refractivity contribution is -0.155. The molecule has 4 aliphatic rings. The second-order valence-electron chi connectivity index (χ2n) is 11.3. The number of esters is 1. The molecule has 38 heavy (non-hydrogen) atoms. The Bertz CT molecular complexity index is 1320. The van der Waals surface area contributed by atoms with Gasteiger partial charge < -0.3 is 20.3 Å². The zero-order valence-corrected chi connectivity index (χ0v) is 22.1. The highest BCUT2D eigenvalue weighted by molar-refractivity contribution is 7.20. The number of thiazole rings is 1. The number of amides is 3. The first-order valence-corrected chi connectivity index (χ1v) is 13.9. The third kappa shape index (κ3) is 4.16. The van der Waals surface area contributed by atoms with E-state index in [2.05, 4.69) is 29.5 Å². The molecule has 0 spiro atoms. The Kier molecular flexibility index (Phi) is 6.01. The van der Waals surface area contributed by atoms with E-state index in [0.29, 0.717) is 31.4 Å². The number of nitrogens with zero attached hydrogens (tertiary/aromatic N) is 2. The summed E-state index contributed by atoms with van der Waals surface area (Å²) < 4.78 is 6.07. The van der Waals surface area contributed by atoms with E-state index in [9.17, 15) is 24.0 Å².